The Balaban J connectivity index is 1.58. The van der Waals surface area contributed by atoms with Crippen molar-refractivity contribution < 1.29 is 19.1 Å². The lowest BCUT2D eigenvalue weighted by molar-refractivity contribution is -0.149. The van der Waals surface area contributed by atoms with E-state index >= 15 is 0 Å². The number of aryl methyl sites for hydroxylation is 1. The number of carbonyl (C=O) groups is 2. The lowest BCUT2D eigenvalue weighted by Crippen LogP contribution is -2.48. The second-order valence-electron chi connectivity index (χ2n) is 7.70. The maximum Gasteiger partial charge on any atom is 0.307 e. The molecule has 0 bridgehead atoms. The van der Waals surface area contributed by atoms with Crippen molar-refractivity contribution in [2.75, 3.05) is 19.7 Å². The van der Waals surface area contributed by atoms with E-state index in [1.54, 1.807) is 0 Å². The molecule has 1 aromatic carbocycles. The number of piperidine rings is 1. The molecule has 0 radical (unpaired) electrons. The predicted octanol–water partition coefficient (Wildman–Crippen LogP) is 2.95. The highest BCUT2D eigenvalue weighted by atomic mass is 16.6. The maximum atomic E-state index is 12.9. The molecule has 2 atom stereocenters. The molecule has 2 saturated heterocycles. The third-order valence-corrected chi connectivity index (χ3v) is 5.28. The molecule has 2 aliphatic heterocycles. The van der Waals surface area contributed by atoms with Crippen LogP contribution in [0, 0.1) is 18.8 Å². The second kappa shape index (κ2) is 7.06. The molecule has 0 unspecified atom stereocenters. The molecule has 3 rings (SSSR count). The number of ether oxygens (including phenoxy) is 2. The topological polar surface area (TPSA) is 55.8 Å². The Kier molecular flexibility index (Phi) is 5.02. The first-order valence-corrected chi connectivity index (χ1v) is 9.06. The Morgan fingerprint density at radius 2 is 2.12 bits per heavy atom. The third-order valence-electron chi connectivity index (χ3n) is 5.28. The highest BCUT2D eigenvalue weighted by Crippen LogP contribution is 2.34. The zero-order valence-electron chi connectivity index (χ0n) is 15.3. The fourth-order valence-corrected chi connectivity index (χ4v) is 3.75. The summed E-state index contributed by atoms with van der Waals surface area (Å²) in [7, 11) is 0. The molecule has 0 saturated carbocycles. The van der Waals surface area contributed by atoms with Crippen LogP contribution in [0.5, 0.6) is 5.75 Å². The molecule has 0 aliphatic carbocycles. The predicted molar refractivity (Wildman–Crippen MR) is 94.3 cm³/mol. The van der Waals surface area contributed by atoms with Gasteiger partial charge in [0.05, 0.1) is 18.9 Å². The van der Waals surface area contributed by atoms with Crippen molar-refractivity contribution in [1.82, 2.24) is 4.90 Å². The molecule has 25 heavy (non-hydrogen) atoms. The van der Waals surface area contributed by atoms with Gasteiger partial charge in [0.15, 0.2) is 0 Å². The average Bonchev–Trinajstić information content (AvgIpc) is 2.86. The third kappa shape index (κ3) is 3.97. The number of hydrogen-bond donors (Lipinski definition) is 0. The largest absolute Gasteiger partial charge is 0.493 e. The molecule has 1 aromatic rings. The maximum absolute atomic E-state index is 12.9. The molecule has 5 heteroatoms. The van der Waals surface area contributed by atoms with Crippen molar-refractivity contribution >= 4 is 11.9 Å². The Labute approximate surface area is 149 Å². The van der Waals surface area contributed by atoms with Gasteiger partial charge in [-0.25, -0.2) is 0 Å². The average molecular weight is 345 g/mol. The van der Waals surface area contributed by atoms with Crippen molar-refractivity contribution in [3.8, 4) is 5.75 Å². The minimum atomic E-state index is -0.710. The van der Waals surface area contributed by atoms with E-state index in [2.05, 4.69) is 0 Å². The van der Waals surface area contributed by atoms with Crippen LogP contribution in [-0.2, 0) is 14.3 Å². The summed E-state index contributed by atoms with van der Waals surface area (Å²) < 4.78 is 11.3. The number of benzene rings is 1. The van der Waals surface area contributed by atoms with Gasteiger partial charge >= 0.3 is 5.97 Å². The van der Waals surface area contributed by atoms with Crippen molar-refractivity contribution in [1.29, 1.82) is 0 Å². The SMILES string of the molecule is Cc1ccccc1OC[C@@H]1CCCN(C(=O)[C@@H]2CC(=O)OC2(C)C)C1. The Hall–Kier alpha value is -2.04. The van der Waals surface area contributed by atoms with Crippen LogP contribution in [0.1, 0.15) is 38.7 Å². The van der Waals surface area contributed by atoms with Crippen LogP contribution in [0.25, 0.3) is 0 Å². The highest BCUT2D eigenvalue weighted by molar-refractivity contribution is 5.87. The zero-order chi connectivity index (χ0) is 18.0. The van der Waals surface area contributed by atoms with Crippen molar-refractivity contribution in [2.24, 2.45) is 11.8 Å². The van der Waals surface area contributed by atoms with E-state index in [9.17, 15) is 9.59 Å². The first-order valence-electron chi connectivity index (χ1n) is 9.06. The highest BCUT2D eigenvalue weighted by Gasteiger charge is 2.47. The van der Waals surface area contributed by atoms with Crippen molar-refractivity contribution in [2.45, 2.75) is 45.6 Å². The smallest absolute Gasteiger partial charge is 0.307 e. The van der Waals surface area contributed by atoms with Gasteiger partial charge in [0.25, 0.3) is 0 Å². The van der Waals surface area contributed by atoms with Gasteiger partial charge in [-0.1, -0.05) is 18.2 Å². The molecule has 0 spiro atoms. The van der Waals surface area contributed by atoms with Gasteiger partial charge in [-0.15, -0.1) is 0 Å². The lowest BCUT2D eigenvalue weighted by atomic mass is 9.88. The first kappa shape index (κ1) is 17.8. The monoisotopic (exact) mass is 345 g/mol. The number of esters is 1. The molecule has 2 heterocycles. The molecule has 0 aromatic heterocycles. The fourth-order valence-electron chi connectivity index (χ4n) is 3.75. The molecule has 5 nitrogen and oxygen atoms in total. The summed E-state index contributed by atoms with van der Waals surface area (Å²) in [5.74, 6) is 0.604. The van der Waals surface area contributed by atoms with E-state index in [1.807, 2.05) is 49.9 Å². The summed E-state index contributed by atoms with van der Waals surface area (Å²) in [6.07, 6.45) is 2.21. The van der Waals surface area contributed by atoms with Crippen LogP contribution in [0.4, 0.5) is 0 Å². The fraction of sp³-hybridized carbons (Fsp3) is 0.600. The molecular formula is C20H27NO4. The standard InChI is InChI=1S/C20H27NO4/c1-14-7-4-5-9-17(14)24-13-15-8-6-10-21(12-15)19(23)16-11-18(22)25-20(16,2)3/h4-5,7,9,15-16H,6,8,10-13H2,1-3H3/t15-,16+/m1/s1. The minimum absolute atomic E-state index is 0.0384. The van der Waals surface area contributed by atoms with Gasteiger partial charge in [-0.2, -0.15) is 0 Å². The van der Waals surface area contributed by atoms with Crippen molar-refractivity contribution in [3.05, 3.63) is 29.8 Å². The summed E-state index contributed by atoms with van der Waals surface area (Å²) in [5.41, 5.74) is 0.410. The van der Waals surface area contributed by atoms with Crippen molar-refractivity contribution in [3.63, 3.8) is 0 Å². The molecule has 2 aliphatic rings. The number of nitrogens with zero attached hydrogens (tertiary/aromatic N) is 1. The molecule has 2 fully saturated rings. The van der Waals surface area contributed by atoms with Crippen LogP contribution in [0.3, 0.4) is 0 Å². The normalized spacial score (nSPS) is 25.6. The summed E-state index contributed by atoms with van der Waals surface area (Å²) in [6, 6.07) is 7.98. The van der Waals surface area contributed by atoms with E-state index < -0.39 is 5.60 Å². The van der Waals surface area contributed by atoms with E-state index in [1.165, 1.54) is 0 Å². The summed E-state index contributed by atoms with van der Waals surface area (Å²) in [5, 5.41) is 0. The number of rotatable bonds is 4. The Bertz CT molecular complexity index is 655. The summed E-state index contributed by atoms with van der Waals surface area (Å²) >= 11 is 0. The molecular weight excluding hydrogens is 318 g/mol. The second-order valence-corrected chi connectivity index (χ2v) is 7.70. The number of para-hydroxylation sites is 1. The quantitative estimate of drug-likeness (QED) is 0.787. The molecule has 136 valence electrons. The van der Waals surface area contributed by atoms with E-state index in [-0.39, 0.29) is 24.2 Å². The van der Waals surface area contributed by atoms with Crippen LogP contribution >= 0.6 is 0 Å². The minimum Gasteiger partial charge on any atom is -0.493 e. The van der Waals surface area contributed by atoms with Crippen LogP contribution < -0.4 is 4.74 Å². The molecule has 0 N–H and O–H groups in total. The number of amides is 1. The van der Waals surface area contributed by atoms with Gasteiger partial charge in [-0.05, 0) is 45.2 Å². The summed E-state index contributed by atoms with van der Waals surface area (Å²) in [6.45, 7) is 7.72. The number of cyclic esters (lactones) is 1. The number of carbonyl (C=O) groups excluding carboxylic acids is 2. The Morgan fingerprint density at radius 3 is 2.80 bits per heavy atom. The van der Waals surface area contributed by atoms with Crippen LogP contribution in [0.2, 0.25) is 0 Å². The van der Waals surface area contributed by atoms with Gasteiger partial charge in [0.1, 0.15) is 11.4 Å². The number of hydrogen-bond acceptors (Lipinski definition) is 4. The number of likely N-dealkylation sites (tertiary alicyclic amines) is 1. The van der Waals surface area contributed by atoms with Gasteiger partial charge in [0.2, 0.25) is 5.91 Å². The van der Waals surface area contributed by atoms with Gasteiger partial charge in [-0.3, -0.25) is 9.59 Å². The first-order chi connectivity index (χ1) is 11.9. The zero-order valence-corrected chi connectivity index (χ0v) is 15.3. The molecule has 1 amide bonds. The summed E-state index contributed by atoms with van der Waals surface area (Å²) in [4.78, 5) is 26.4. The Morgan fingerprint density at radius 1 is 1.36 bits per heavy atom. The van der Waals surface area contributed by atoms with Gasteiger partial charge < -0.3 is 14.4 Å². The van der Waals surface area contributed by atoms with E-state index in [4.69, 9.17) is 9.47 Å². The van der Waals surface area contributed by atoms with E-state index in [0.717, 1.165) is 30.7 Å². The van der Waals surface area contributed by atoms with E-state index in [0.29, 0.717) is 19.1 Å². The lowest BCUT2D eigenvalue weighted by Gasteiger charge is -2.36. The van der Waals surface area contributed by atoms with Gasteiger partial charge in [0, 0.05) is 19.0 Å². The van der Waals surface area contributed by atoms with Crippen LogP contribution in [-0.4, -0.2) is 42.1 Å². The van der Waals surface area contributed by atoms with Crippen LogP contribution in [0.15, 0.2) is 24.3 Å².